The number of carbonyl (C=O) groups is 1. The molecule has 106 valence electrons. The maximum Gasteiger partial charge on any atom is 0.223 e. The number of carbonyl (C=O) groups excluding carboxylic acids is 1. The van der Waals surface area contributed by atoms with Crippen LogP contribution in [0.1, 0.15) is 39.5 Å². The summed E-state index contributed by atoms with van der Waals surface area (Å²) in [7, 11) is 0. The Balaban J connectivity index is 2.04. The number of anilines is 1. The van der Waals surface area contributed by atoms with Gasteiger partial charge in [-0.05, 0) is 37.8 Å². The zero-order valence-electron chi connectivity index (χ0n) is 12.0. The van der Waals surface area contributed by atoms with Crippen LogP contribution in [0.3, 0.4) is 0 Å². The molecule has 2 N–H and O–H groups in total. The second-order valence-electron chi connectivity index (χ2n) is 4.65. The third-order valence-electron chi connectivity index (χ3n) is 3.23. The number of pyridine rings is 1. The molecule has 1 rings (SSSR count). The molecular weight excluding hydrogens is 238 g/mol. The molecule has 0 bridgehead atoms. The smallest absolute Gasteiger partial charge is 0.223 e. The quantitative estimate of drug-likeness (QED) is 0.674. The van der Waals surface area contributed by atoms with Crippen molar-refractivity contribution in [1.82, 2.24) is 10.3 Å². The first-order valence-corrected chi connectivity index (χ1v) is 7.20. The second-order valence-corrected chi connectivity index (χ2v) is 4.65. The zero-order valence-corrected chi connectivity index (χ0v) is 12.0. The van der Waals surface area contributed by atoms with Gasteiger partial charge in [0, 0.05) is 25.2 Å². The maximum absolute atomic E-state index is 11.7. The second kappa shape index (κ2) is 9.36. The maximum atomic E-state index is 11.7. The van der Waals surface area contributed by atoms with Gasteiger partial charge in [0.25, 0.3) is 0 Å². The third-order valence-corrected chi connectivity index (χ3v) is 3.23. The molecule has 0 saturated heterocycles. The van der Waals surface area contributed by atoms with Gasteiger partial charge in [0.1, 0.15) is 5.82 Å². The molecule has 0 unspecified atom stereocenters. The standard InChI is InChI=1S/C15H25N3O/c1-3-13(4-2)15(19)18-12-8-7-11-17-14-9-5-6-10-16-14/h5-6,9-10,13H,3-4,7-8,11-12H2,1-2H3,(H,16,17)(H,18,19). The van der Waals surface area contributed by atoms with Gasteiger partial charge in [0.2, 0.25) is 5.91 Å². The van der Waals surface area contributed by atoms with E-state index in [0.717, 1.165) is 44.6 Å². The number of hydrogen-bond donors (Lipinski definition) is 2. The molecule has 4 heteroatoms. The molecule has 0 aliphatic carbocycles. The number of nitrogens with zero attached hydrogens (tertiary/aromatic N) is 1. The minimum atomic E-state index is 0.173. The summed E-state index contributed by atoms with van der Waals surface area (Å²) in [5.41, 5.74) is 0. The molecule has 4 nitrogen and oxygen atoms in total. The third kappa shape index (κ3) is 6.22. The lowest BCUT2D eigenvalue weighted by Gasteiger charge is -2.12. The van der Waals surface area contributed by atoms with Crippen LogP contribution in [0.5, 0.6) is 0 Å². The van der Waals surface area contributed by atoms with Gasteiger partial charge in [0.05, 0.1) is 0 Å². The molecule has 19 heavy (non-hydrogen) atoms. The summed E-state index contributed by atoms with van der Waals surface area (Å²) in [5, 5.41) is 6.25. The van der Waals surface area contributed by atoms with Gasteiger partial charge in [-0.1, -0.05) is 19.9 Å². The Kier molecular flexibility index (Phi) is 7.63. The number of hydrogen-bond acceptors (Lipinski definition) is 3. The fourth-order valence-corrected chi connectivity index (χ4v) is 1.95. The normalized spacial score (nSPS) is 10.5. The van der Waals surface area contributed by atoms with Crippen molar-refractivity contribution in [3.05, 3.63) is 24.4 Å². The lowest BCUT2D eigenvalue weighted by atomic mass is 10.0. The highest BCUT2D eigenvalue weighted by Gasteiger charge is 2.12. The average Bonchev–Trinajstić information content (AvgIpc) is 2.45. The first kappa shape index (κ1) is 15.5. The van der Waals surface area contributed by atoms with E-state index in [2.05, 4.69) is 29.5 Å². The number of nitrogens with one attached hydrogen (secondary N) is 2. The van der Waals surface area contributed by atoms with Crippen LogP contribution in [0.4, 0.5) is 5.82 Å². The summed E-state index contributed by atoms with van der Waals surface area (Å²) in [6.07, 6.45) is 5.64. The van der Waals surface area contributed by atoms with Crippen LogP contribution in [0.15, 0.2) is 24.4 Å². The van der Waals surface area contributed by atoms with Crippen LogP contribution in [0.25, 0.3) is 0 Å². The minimum Gasteiger partial charge on any atom is -0.370 e. The first-order valence-electron chi connectivity index (χ1n) is 7.20. The van der Waals surface area contributed by atoms with Gasteiger partial charge in [0.15, 0.2) is 0 Å². The molecule has 0 aromatic carbocycles. The van der Waals surface area contributed by atoms with Gasteiger partial charge in [-0.25, -0.2) is 4.98 Å². The van der Waals surface area contributed by atoms with Crippen molar-refractivity contribution in [2.45, 2.75) is 39.5 Å². The average molecular weight is 263 g/mol. The van der Waals surface area contributed by atoms with E-state index >= 15 is 0 Å². The number of unbranched alkanes of at least 4 members (excludes halogenated alkanes) is 1. The van der Waals surface area contributed by atoms with Crippen molar-refractivity contribution in [1.29, 1.82) is 0 Å². The van der Waals surface area contributed by atoms with Crippen LogP contribution >= 0.6 is 0 Å². The first-order chi connectivity index (χ1) is 9.27. The van der Waals surface area contributed by atoms with Crippen LogP contribution < -0.4 is 10.6 Å². The molecule has 0 aliphatic heterocycles. The molecule has 1 amide bonds. The lowest BCUT2D eigenvalue weighted by Crippen LogP contribution is -2.31. The Labute approximate surface area is 116 Å². The Morgan fingerprint density at radius 2 is 1.95 bits per heavy atom. The molecule has 1 aromatic rings. The Morgan fingerprint density at radius 3 is 2.58 bits per heavy atom. The molecular formula is C15H25N3O. The van der Waals surface area contributed by atoms with Crippen molar-refractivity contribution in [2.75, 3.05) is 18.4 Å². The van der Waals surface area contributed by atoms with Gasteiger partial charge in [-0.3, -0.25) is 4.79 Å². The predicted molar refractivity (Wildman–Crippen MR) is 79.0 cm³/mol. The monoisotopic (exact) mass is 263 g/mol. The summed E-state index contributed by atoms with van der Waals surface area (Å²) in [5.74, 6) is 1.28. The fraction of sp³-hybridized carbons (Fsp3) is 0.600. The number of aromatic nitrogens is 1. The zero-order chi connectivity index (χ0) is 13.9. The van der Waals surface area contributed by atoms with Crippen LogP contribution in [0.2, 0.25) is 0 Å². The lowest BCUT2D eigenvalue weighted by molar-refractivity contribution is -0.125. The molecule has 0 fully saturated rings. The summed E-state index contributed by atoms with van der Waals surface area (Å²) in [6.45, 7) is 5.77. The Hall–Kier alpha value is -1.58. The van der Waals surface area contributed by atoms with Crippen molar-refractivity contribution in [2.24, 2.45) is 5.92 Å². The number of rotatable bonds is 9. The molecule has 1 aromatic heterocycles. The minimum absolute atomic E-state index is 0.173. The molecule has 1 heterocycles. The molecule has 0 atom stereocenters. The van der Waals surface area contributed by atoms with E-state index in [-0.39, 0.29) is 11.8 Å². The molecule has 0 spiro atoms. The van der Waals surface area contributed by atoms with Crippen molar-refractivity contribution in [3.8, 4) is 0 Å². The predicted octanol–water partition coefficient (Wildman–Crippen LogP) is 2.83. The topological polar surface area (TPSA) is 54.0 Å². The summed E-state index contributed by atoms with van der Waals surface area (Å²) in [6, 6.07) is 5.82. The highest BCUT2D eigenvalue weighted by atomic mass is 16.1. The van der Waals surface area contributed by atoms with E-state index < -0.39 is 0 Å². The van der Waals surface area contributed by atoms with Crippen LogP contribution in [-0.2, 0) is 4.79 Å². The van der Waals surface area contributed by atoms with Crippen LogP contribution in [-0.4, -0.2) is 24.0 Å². The van der Waals surface area contributed by atoms with Gasteiger partial charge >= 0.3 is 0 Å². The van der Waals surface area contributed by atoms with E-state index in [1.807, 2.05) is 18.2 Å². The highest BCUT2D eigenvalue weighted by molar-refractivity contribution is 5.78. The summed E-state index contributed by atoms with van der Waals surface area (Å²) < 4.78 is 0. The van der Waals surface area contributed by atoms with E-state index in [1.165, 1.54) is 0 Å². The van der Waals surface area contributed by atoms with E-state index in [1.54, 1.807) is 6.20 Å². The van der Waals surface area contributed by atoms with Gasteiger partial charge < -0.3 is 10.6 Å². The SMILES string of the molecule is CCC(CC)C(=O)NCCCCNc1ccccn1. The van der Waals surface area contributed by atoms with E-state index in [9.17, 15) is 4.79 Å². The number of amides is 1. The molecule has 0 saturated carbocycles. The largest absolute Gasteiger partial charge is 0.370 e. The highest BCUT2D eigenvalue weighted by Crippen LogP contribution is 2.07. The van der Waals surface area contributed by atoms with Crippen LogP contribution in [0, 0.1) is 5.92 Å². The fourth-order valence-electron chi connectivity index (χ4n) is 1.95. The Bertz CT molecular complexity index is 350. The summed E-state index contributed by atoms with van der Waals surface area (Å²) >= 11 is 0. The molecule has 0 radical (unpaired) electrons. The van der Waals surface area contributed by atoms with Crippen molar-refractivity contribution in [3.63, 3.8) is 0 Å². The van der Waals surface area contributed by atoms with Gasteiger partial charge in [-0.2, -0.15) is 0 Å². The van der Waals surface area contributed by atoms with Crippen molar-refractivity contribution < 1.29 is 4.79 Å². The Morgan fingerprint density at radius 1 is 1.21 bits per heavy atom. The van der Waals surface area contributed by atoms with Gasteiger partial charge in [-0.15, -0.1) is 0 Å². The van der Waals surface area contributed by atoms with E-state index in [0.29, 0.717) is 0 Å². The summed E-state index contributed by atoms with van der Waals surface area (Å²) in [4.78, 5) is 15.9. The molecule has 0 aliphatic rings. The van der Waals surface area contributed by atoms with Crippen molar-refractivity contribution >= 4 is 11.7 Å². The van der Waals surface area contributed by atoms with E-state index in [4.69, 9.17) is 0 Å².